The summed E-state index contributed by atoms with van der Waals surface area (Å²) in [6, 6.07) is 18.7. The van der Waals surface area contributed by atoms with E-state index in [0.717, 1.165) is 19.6 Å². The minimum atomic E-state index is -0.585. The van der Waals surface area contributed by atoms with Crippen molar-refractivity contribution in [3.63, 3.8) is 0 Å². The molecule has 2 heterocycles. The van der Waals surface area contributed by atoms with E-state index in [9.17, 15) is 4.79 Å². The van der Waals surface area contributed by atoms with Crippen LogP contribution >= 0.6 is 0 Å². The van der Waals surface area contributed by atoms with Gasteiger partial charge in [-0.25, -0.2) is 0 Å². The summed E-state index contributed by atoms with van der Waals surface area (Å²) in [7, 11) is 0. The molecule has 1 saturated carbocycles. The van der Waals surface area contributed by atoms with Crippen LogP contribution in [0.5, 0.6) is 11.5 Å². The quantitative estimate of drug-likeness (QED) is 0.840. The van der Waals surface area contributed by atoms with E-state index < -0.39 is 6.10 Å². The van der Waals surface area contributed by atoms with Crippen LogP contribution in [0.15, 0.2) is 54.6 Å². The van der Waals surface area contributed by atoms with Gasteiger partial charge in [0, 0.05) is 25.7 Å². The van der Waals surface area contributed by atoms with Crippen LogP contribution in [0.2, 0.25) is 0 Å². The zero-order chi connectivity index (χ0) is 18.2. The summed E-state index contributed by atoms with van der Waals surface area (Å²) in [6.07, 6.45) is 1.98. The average Bonchev–Trinajstić information content (AvgIpc) is 3.58. The first-order valence-corrected chi connectivity index (χ1v) is 9.77. The molecule has 27 heavy (non-hydrogen) atoms. The lowest BCUT2D eigenvalue weighted by atomic mass is 10.0. The van der Waals surface area contributed by atoms with Crippen molar-refractivity contribution in [2.75, 3.05) is 26.2 Å². The monoisotopic (exact) mass is 364 g/mol. The highest BCUT2D eigenvalue weighted by Gasteiger charge is 2.41. The zero-order valence-electron chi connectivity index (χ0n) is 15.3. The second-order valence-electron chi connectivity index (χ2n) is 7.55. The summed E-state index contributed by atoms with van der Waals surface area (Å²) in [6.45, 7) is 2.82. The van der Waals surface area contributed by atoms with E-state index in [-0.39, 0.29) is 18.6 Å². The first-order chi connectivity index (χ1) is 13.3. The Morgan fingerprint density at radius 3 is 2.44 bits per heavy atom. The van der Waals surface area contributed by atoms with Crippen LogP contribution in [0.3, 0.4) is 0 Å². The highest BCUT2D eigenvalue weighted by atomic mass is 16.6. The maximum absolute atomic E-state index is 13.3. The summed E-state index contributed by atoms with van der Waals surface area (Å²) >= 11 is 0. The van der Waals surface area contributed by atoms with E-state index in [1.54, 1.807) is 0 Å². The van der Waals surface area contributed by atoms with Crippen LogP contribution in [0, 0.1) is 0 Å². The number of ether oxygens (including phenoxy) is 2. The van der Waals surface area contributed by atoms with Crippen molar-refractivity contribution in [3.05, 3.63) is 60.2 Å². The molecular formula is C22H24N2O3. The normalized spacial score (nSPS) is 25.3. The van der Waals surface area contributed by atoms with Crippen molar-refractivity contribution >= 4 is 5.91 Å². The molecule has 0 radical (unpaired) electrons. The van der Waals surface area contributed by atoms with Gasteiger partial charge in [-0.2, -0.15) is 0 Å². The van der Waals surface area contributed by atoms with Crippen LogP contribution < -0.4 is 9.47 Å². The molecule has 5 rings (SSSR count). The number of para-hydroxylation sites is 2. The average molecular weight is 364 g/mol. The van der Waals surface area contributed by atoms with E-state index >= 15 is 0 Å². The SMILES string of the molecule is O=C(C1COc2ccccc2O1)N1CCN(C2CC2)CC1c1ccccc1. The van der Waals surface area contributed by atoms with Crippen LogP contribution in [-0.4, -0.2) is 54.1 Å². The molecule has 140 valence electrons. The molecule has 1 amide bonds. The largest absolute Gasteiger partial charge is 0.485 e. The van der Waals surface area contributed by atoms with Crippen molar-refractivity contribution < 1.29 is 14.3 Å². The molecule has 2 unspecified atom stereocenters. The van der Waals surface area contributed by atoms with E-state index in [0.29, 0.717) is 17.5 Å². The topological polar surface area (TPSA) is 42.0 Å². The van der Waals surface area contributed by atoms with Crippen LogP contribution in [0.1, 0.15) is 24.4 Å². The fourth-order valence-corrected chi connectivity index (χ4v) is 4.13. The molecule has 3 aliphatic rings. The number of hydrogen-bond donors (Lipinski definition) is 0. The minimum Gasteiger partial charge on any atom is -0.485 e. The number of carbonyl (C=O) groups excluding carboxylic acids is 1. The Kier molecular flexibility index (Phi) is 4.24. The highest BCUT2D eigenvalue weighted by Crippen LogP contribution is 2.35. The Balaban J connectivity index is 1.38. The maximum Gasteiger partial charge on any atom is 0.267 e. The Morgan fingerprint density at radius 1 is 0.926 bits per heavy atom. The van der Waals surface area contributed by atoms with E-state index in [2.05, 4.69) is 17.0 Å². The Labute approximate surface area is 159 Å². The van der Waals surface area contributed by atoms with Gasteiger partial charge in [-0.3, -0.25) is 9.69 Å². The lowest BCUT2D eigenvalue weighted by Gasteiger charge is -2.43. The minimum absolute atomic E-state index is 0.0220. The van der Waals surface area contributed by atoms with Gasteiger partial charge in [0.15, 0.2) is 11.5 Å². The molecule has 5 nitrogen and oxygen atoms in total. The number of rotatable bonds is 3. The molecule has 2 aromatic carbocycles. The number of piperazine rings is 1. The number of carbonyl (C=O) groups is 1. The fourth-order valence-electron chi connectivity index (χ4n) is 4.13. The van der Waals surface area contributed by atoms with Gasteiger partial charge in [0.1, 0.15) is 6.61 Å². The maximum atomic E-state index is 13.3. The van der Waals surface area contributed by atoms with Gasteiger partial charge in [-0.1, -0.05) is 42.5 Å². The number of nitrogens with zero attached hydrogens (tertiary/aromatic N) is 2. The molecule has 5 heteroatoms. The van der Waals surface area contributed by atoms with E-state index in [1.807, 2.05) is 47.4 Å². The van der Waals surface area contributed by atoms with Gasteiger partial charge in [0.25, 0.3) is 5.91 Å². The molecule has 2 aromatic rings. The zero-order valence-corrected chi connectivity index (χ0v) is 15.3. The van der Waals surface area contributed by atoms with Gasteiger partial charge in [0.05, 0.1) is 6.04 Å². The summed E-state index contributed by atoms with van der Waals surface area (Å²) in [5.41, 5.74) is 1.19. The molecule has 0 bridgehead atoms. The first-order valence-electron chi connectivity index (χ1n) is 9.77. The molecule has 0 aromatic heterocycles. The lowest BCUT2D eigenvalue weighted by molar-refractivity contribution is -0.146. The van der Waals surface area contributed by atoms with Gasteiger partial charge in [-0.15, -0.1) is 0 Å². The highest BCUT2D eigenvalue weighted by molar-refractivity contribution is 5.82. The van der Waals surface area contributed by atoms with Crippen molar-refractivity contribution in [1.29, 1.82) is 0 Å². The predicted molar refractivity (Wildman–Crippen MR) is 102 cm³/mol. The number of amides is 1. The lowest BCUT2D eigenvalue weighted by Crippen LogP contribution is -2.55. The van der Waals surface area contributed by atoms with Gasteiger partial charge >= 0.3 is 0 Å². The van der Waals surface area contributed by atoms with Crippen molar-refractivity contribution in [2.24, 2.45) is 0 Å². The third-order valence-corrected chi connectivity index (χ3v) is 5.73. The molecule has 0 N–H and O–H groups in total. The third-order valence-electron chi connectivity index (χ3n) is 5.73. The predicted octanol–water partition coefficient (Wildman–Crippen LogP) is 2.87. The van der Waals surface area contributed by atoms with Gasteiger partial charge in [-0.05, 0) is 30.5 Å². The second-order valence-corrected chi connectivity index (χ2v) is 7.55. The summed E-state index contributed by atoms with van der Waals surface area (Å²) in [4.78, 5) is 17.9. The van der Waals surface area contributed by atoms with Crippen LogP contribution in [0.25, 0.3) is 0 Å². The van der Waals surface area contributed by atoms with Gasteiger partial charge in [0.2, 0.25) is 6.10 Å². The molecule has 2 aliphatic heterocycles. The van der Waals surface area contributed by atoms with Crippen molar-refractivity contribution in [2.45, 2.75) is 31.0 Å². The van der Waals surface area contributed by atoms with Crippen LogP contribution in [-0.2, 0) is 4.79 Å². The molecule has 0 spiro atoms. The van der Waals surface area contributed by atoms with E-state index in [4.69, 9.17) is 9.47 Å². The second kappa shape index (κ2) is 6.89. The third kappa shape index (κ3) is 3.28. The standard InChI is InChI=1S/C22H24N2O3/c25-22(21-15-26-19-8-4-5-9-20(19)27-21)24-13-12-23(17-10-11-17)14-18(24)16-6-2-1-3-7-16/h1-9,17-18,21H,10-15H2. The number of hydrogen-bond acceptors (Lipinski definition) is 4. The molecule has 2 fully saturated rings. The Hall–Kier alpha value is -2.53. The van der Waals surface area contributed by atoms with Crippen molar-refractivity contribution in [3.8, 4) is 11.5 Å². The van der Waals surface area contributed by atoms with Gasteiger partial charge < -0.3 is 14.4 Å². The Bertz CT molecular complexity index is 821. The fraction of sp³-hybridized carbons (Fsp3) is 0.409. The summed E-state index contributed by atoms with van der Waals surface area (Å²) < 4.78 is 11.8. The smallest absolute Gasteiger partial charge is 0.267 e. The van der Waals surface area contributed by atoms with Crippen LogP contribution in [0.4, 0.5) is 0 Å². The molecule has 1 saturated heterocycles. The molecule has 2 atom stereocenters. The molecular weight excluding hydrogens is 340 g/mol. The molecule has 1 aliphatic carbocycles. The number of fused-ring (bicyclic) bond motifs is 1. The van der Waals surface area contributed by atoms with E-state index in [1.165, 1.54) is 18.4 Å². The summed E-state index contributed by atoms with van der Waals surface area (Å²) in [5, 5.41) is 0. The van der Waals surface area contributed by atoms with Crippen molar-refractivity contribution in [1.82, 2.24) is 9.80 Å². The summed E-state index contributed by atoms with van der Waals surface area (Å²) in [5.74, 6) is 1.38. The first kappa shape index (κ1) is 16.6. The number of benzene rings is 2. The Morgan fingerprint density at radius 2 is 1.67 bits per heavy atom.